The van der Waals surface area contributed by atoms with Gasteiger partial charge in [-0.05, 0) is 37.1 Å². The lowest BCUT2D eigenvalue weighted by Gasteiger charge is -2.10. The van der Waals surface area contributed by atoms with E-state index in [1.165, 1.54) is 12.2 Å². The molecule has 0 bridgehead atoms. The van der Waals surface area contributed by atoms with E-state index in [4.69, 9.17) is 27.9 Å². The van der Waals surface area contributed by atoms with Crippen LogP contribution in [0.4, 0.5) is 0 Å². The maximum absolute atomic E-state index is 11.5. The van der Waals surface area contributed by atoms with Gasteiger partial charge in [0.2, 0.25) is 0 Å². The van der Waals surface area contributed by atoms with Crippen LogP contribution in [-0.2, 0) is 14.3 Å². The number of rotatable bonds is 6. The Morgan fingerprint density at radius 1 is 1.33 bits per heavy atom. The van der Waals surface area contributed by atoms with Crippen LogP contribution in [0.3, 0.4) is 0 Å². The van der Waals surface area contributed by atoms with Gasteiger partial charge < -0.3 is 10.1 Å². The van der Waals surface area contributed by atoms with Crippen molar-refractivity contribution in [3.63, 3.8) is 0 Å². The van der Waals surface area contributed by atoms with Gasteiger partial charge in [-0.2, -0.15) is 0 Å². The van der Waals surface area contributed by atoms with Crippen LogP contribution in [0.1, 0.15) is 25.8 Å². The van der Waals surface area contributed by atoms with Crippen molar-refractivity contribution in [1.29, 1.82) is 0 Å². The Bertz CT molecular complexity index is 544. The van der Waals surface area contributed by atoms with Crippen molar-refractivity contribution in [2.24, 2.45) is 0 Å². The maximum atomic E-state index is 11.5. The number of benzene rings is 1. The van der Waals surface area contributed by atoms with E-state index in [0.717, 1.165) is 6.42 Å². The van der Waals surface area contributed by atoms with Crippen molar-refractivity contribution in [3.05, 3.63) is 39.9 Å². The summed E-state index contributed by atoms with van der Waals surface area (Å²) in [6.07, 6.45) is 3.59. The number of hydrogen-bond acceptors (Lipinski definition) is 3. The molecule has 0 saturated carbocycles. The fourth-order valence-electron chi connectivity index (χ4n) is 1.38. The minimum atomic E-state index is -0.597. The summed E-state index contributed by atoms with van der Waals surface area (Å²) in [6.45, 7) is 3.54. The zero-order chi connectivity index (χ0) is 15.8. The number of carbonyl (C=O) groups excluding carboxylic acids is 2. The number of esters is 1. The van der Waals surface area contributed by atoms with Gasteiger partial charge in [-0.25, -0.2) is 4.79 Å². The normalized spacial score (nSPS) is 12.2. The van der Waals surface area contributed by atoms with Crippen LogP contribution in [0, 0.1) is 0 Å². The van der Waals surface area contributed by atoms with Crippen molar-refractivity contribution in [2.75, 3.05) is 6.61 Å². The molecule has 1 aromatic carbocycles. The topological polar surface area (TPSA) is 55.4 Å². The molecule has 4 nitrogen and oxygen atoms in total. The van der Waals surface area contributed by atoms with Gasteiger partial charge >= 0.3 is 5.97 Å². The van der Waals surface area contributed by atoms with Crippen LogP contribution < -0.4 is 5.32 Å². The second kappa shape index (κ2) is 8.70. The Hall–Kier alpha value is -1.52. The molecule has 0 heterocycles. The van der Waals surface area contributed by atoms with Crippen molar-refractivity contribution in [1.82, 2.24) is 5.32 Å². The van der Waals surface area contributed by atoms with E-state index >= 15 is 0 Å². The van der Waals surface area contributed by atoms with Crippen LogP contribution in [0.25, 0.3) is 6.08 Å². The van der Waals surface area contributed by atoms with E-state index in [9.17, 15) is 9.59 Å². The fraction of sp³-hybridized carbons (Fsp3) is 0.333. The first-order chi connectivity index (χ1) is 9.92. The van der Waals surface area contributed by atoms with Crippen LogP contribution in [0.15, 0.2) is 24.3 Å². The van der Waals surface area contributed by atoms with Crippen molar-refractivity contribution < 1.29 is 14.3 Å². The third kappa shape index (κ3) is 6.65. The number of amides is 1. The first-order valence-corrected chi connectivity index (χ1v) is 7.27. The van der Waals surface area contributed by atoms with E-state index in [2.05, 4.69) is 5.32 Å². The molecule has 0 saturated heterocycles. The Balaban J connectivity index is 2.44. The number of ether oxygens (including phenoxy) is 1. The molecule has 1 atom stereocenters. The predicted octanol–water partition coefficient (Wildman–Crippen LogP) is 3.46. The molecule has 1 rings (SSSR count). The van der Waals surface area contributed by atoms with E-state index in [0.29, 0.717) is 15.6 Å². The number of nitrogens with one attached hydrogen (secondary N) is 1. The minimum absolute atomic E-state index is 0.0583. The Morgan fingerprint density at radius 3 is 2.67 bits per heavy atom. The molecule has 0 aliphatic rings. The van der Waals surface area contributed by atoms with Gasteiger partial charge in [-0.3, -0.25) is 4.79 Å². The van der Waals surface area contributed by atoms with Gasteiger partial charge in [0.05, 0.1) is 10.0 Å². The van der Waals surface area contributed by atoms with Gasteiger partial charge in [-0.1, -0.05) is 36.2 Å². The van der Waals surface area contributed by atoms with Gasteiger partial charge in [0.15, 0.2) is 6.61 Å². The zero-order valence-electron chi connectivity index (χ0n) is 11.9. The highest BCUT2D eigenvalue weighted by atomic mass is 35.5. The molecule has 0 unspecified atom stereocenters. The van der Waals surface area contributed by atoms with Crippen molar-refractivity contribution >= 4 is 41.2 Å². The first-order valence-electron chi connectivity index (χ1n) is 6.51. The lowest BCUT2D eigenvalue weighted by molar-refractivity contribution is -0.144. The Kier molecular flexibility index (Phi) is 7.26. The van der Waals surface area contributed by atoms with Gasteiger partial charge in [0.1, 0.15) is 0 Å². The standard InChI is InChI=1S/C15H17Cl2NO3/c1-3-10(2)18-14(19)9-21-15(20)7-5-11-4-6-12(16)13(17)8-11/h4-8,10H,3,9H2,1-2H3,(H,18,19)/b7-5+/t10-/m1/s1. The third-order valence-electron chi connectivity index (χ3n) is 2.72. The fourth-order valence-corrected chi connectivity index (χ4v) is 1.69. The Morgan fingerprint density at radius 2 is 2.05 bits per heavy atom. The molecule has 0 spiro atoms. The summed E-state index contributed by atoms with van der Waals surface area (Å²) in [6, 6.07) is 5.04. The van der Waals surface area contributed by atoms with Crippen LogP contribution >= 0.6 is 23.2 Å². The molecule has 0 radical (unpaired) electrons. The molecule has 114 valence electrons. The number of carbonyl (C=O) groups is 2. The zero-order valence-corrected chi connectivity index (χ0v) is 13.4. The monoisotopic (exact) mass is 329 g/mol. The molecule has 0 aliphatic carbocycles. The van der Waals surface area contributed by atoms with Gasteiger partial charge in [0.25, 0.3) is 5.91 Å². The molecule has 6 heteroatoms. The summed E-state index contributed by atoms with van der Waals surface area (Å²) >= 11 is 11.6. The summed E-state index contributed by atoms with van der Waals surface area (Å²) < 4.78 is 4.83. The lowest BCUT2D eigenvalue weighted by Crippen LogP contribution is -2.35. The van der Waals surface area contributed by atoms with E-state index in [1.54, 1.807) is 18.2 Å². The molecular weight excluding hydrogens is 313 g/mol. The summed E-state index contributed by atoms with van der Waals surface area (Å²) in [5, 5.41) is 3.55. The highest BCUT2D eigenvalue weighted by Gasteiger charge is 2.07. The number of halogens is 2. The lowest BCUT2D eigenvalue weighted by atomic mass is 10.2. The van der Waals surface area contributed by atoms with Crippen LogP contribution in [-0.4, -0.2) is 24.5 Å². The number of hydrogen-bond donors (Lipinski definition) is 1. The average molecular weight is 330 g/mol. The van der Waals surface area contributed by atoms with Crippen LogP contribution in [0.5, 0.6) is 0 Å². The second-order valence-electron chi connectivity index (χ2n) is 4.49. The van der Waals surface area contributed by atoms with Crippen molar-refractivity contribution in [3.8, 4) is 0 Å². The molecule has 1 amide bonds. The quantitative estimate of drug-likeness (QED) is 0.642. The van der Waals surface area contributed by atoms with Crippen LogP contribution in [0.2, 0.25) is 10.0 Å². The summed E-state index contributed by atoms with van der Waals surface area (Å²) in [5.41, 5.74) is 0.713. The smallest absolute Gasteiger partial charge is 0.331 e. The summed E-state index contributed by atoms with van der Waals surface area (Å²) in [7, 11) is 0. The molecule has 0 fully saturated rings. The molecular formula is C15H17Cl2NO3. The molecule has 1 aromatic rings. The summed E-state index contributed by atoms with van der Waals surface area (Å²) in [4.78, 5) is 22.9. The highest BCUT2D eigenvalue weighted by Crippen LogP contribution is 2.23. The molecule has 1 N–H and O–H groups in total. The van der Waals surface area contributed by atoms with Crippen molar-refractivity contribution in [2.45, 2.75) is 26.3 Å². The van der Waals surface area contributed by atoms with E-state index < -0.39 is 5.97 Å². The summed E-state index contributed by atoms with van der Waals surface area (Å²) in [5.74, 6) is -0.916. The van der Waals surface area contributed by atoms with E-state index in [1.807, 2.05) is 13.8 Å². The Labute approximate surface area is 134 Å². The van der Waals surface area contributed by atoms with Gasteiger partial charge in [0, 0.05) is 12.1 Å². The maximum Gasteiger partial charge on any atom is 0.331 e. The first kappa shape index (κ1) is 17.5. The minimum Gasteiger partial charge on any atom is -0.452 e. The highest BCUT2D eigenvalue weighted by molar-refractivity contribution is 6.42. The van der Waals surface area contributed by atoms with E-state index in [-0.39, 0.29) is 18.6 Å². The molecule has 21 heavy (non-hydrogen) atoms. The molecule has 0 aliphatic heterocycles. The largest absolute Gasteiger partial charge is 0.452 e. The average Bonchev–Trinajstić information content (AvgIpc) is 2.46. The second-order valence-corrected chi connectivity index (χ2v) is 5.31. The van der Waals surface area contributed by atoms with Gasteiger partial charge in [-0.15, -0.1) is 0 Å². The molecule has 0 aromatic heterocycles. The SMILES string of the molecule is CC[C@@H](C)NC(=O)COC(=O)/C=C/c1ccc(Cl)c(Cl)c1. The third-order valence-corrected chi connectivity index (χ3v) is 3.46. The predicted molar refractivity (Wildman–Crippen MR) is 84.4 cm³/mol.